The van der Waals surface area contributed by atoms with E-state index in [0.717, 1.165) is 57.9 Å². The molecule has 1 heterocycles. The van der Waals surface area contributed by atoms with Crippen molar-refractivity contribution in [3.63, 3.8) is 0 Å². The second kappa shape index (κ2) is 18.5. The summed E-state index contributed by atoms with van der Waals surface area (Å²) < 4.78 is 12.7. The fraction of sp³-hybridized carbons (Fsp3) is 0.743. The molecule has 0 saturated heterocycles. The first kappa shape index (κ1) is 36.8. The number of benzene rings is 1. The van der Waals surface area contributed by atoms with Crippen molar-refractivity contribution in [3.8, 4) is 5.75 Å². The summed E-state index contributed by atoms with van der Waals surface area (Å²) in [6, 6.07) is 4.83. The lowest BCUT2D eigenvalue weighted by molar-refractivity contribution is -0.132. The number of aliphatic hydroxyl groups is 1. The average Bonchev–Trinajstić information content (AvgIpc) is 3.02. The standard InChI is InChI=1S/C35H58N4O6/c1-25-22-39(26(2)24-40)35(43)30-21-29(36-34(42)28-14-8-7-9-15-28)17-18-31(30)45-27(3)13-10-11-20-44-32(25)23-38(6)33(41)16-12-19-37(4)5/h17-18,21,25-28,32,40H,7-16,19-20,22-24H2,1-6H3,(H,36,42)/t25-,26-,27+,32+/m0/s1. The molecule has 1 aliphatic heterocycles. The molecule has 0 unspecified atom stereocenters. The molecule has 0 bridgehead atoms. The van der Waals surface area contributed by atoms with Crippen LogP contribution < -0.4 is 10.1 Å². The van der Waals surface area contributed by atoms with Crippen LogP contribution in [0.25, 0.3) is 0 Å². The van der Waals surface area contributed by atoms with Gasteiger partial charge in [-0.15, -0.1) is 0 Å². The first-order chi connectivity index (χ1) is 21.5. The van der Waals surface area contributed by atoms with Gasteiger partial charge in [-0.05, 0) is 91.2 Å². The van der Waals surface area contributed by atoms with Crippen molar-refractivity contribution in [1.29, 1.82) is 0 Å². The molecule has 0 radical (unpaired) electrons. The van der Waals surface area contributed by atoms with Crippen LogP contribution in [-0.2, 0) is 14.3 Å². The highest BCUT2D eigenvalue weighted by molar-refractivity contribution is 6.00. The predicted octanol–water partition coefficient (Wildman–Crippen LogP) is 4.80. The number of anilines is 1. The highest BCUT2D eigenvalue weighted by atomic mass is 16.5. The van der Waals surface area contributed by atoms with Gasteiger partial charge in [0.2, 0.25) is 11.8 Å². The van der Waals surface area contributed by atoms with E-state index in [-0.39, 0.29) is 48.4 Å². The van der Waals surface area contributed by atoms with Crippen LogP contribution in [0, 0.1) is 11.8 Å². The van der Waals surface area contributed by atoms with Crippen molar-refractivity contribution < 1.29 is 29.0 Å². The van der Waals surface area contributed by atoms with Crippen LogP contribution in [0.3, 0.4) is 0 Å². The molecule has 1 aromatic carbocycles. The largest absolute Gasteiger partial charge is 0.490 e. The van der Waals surface area contributed by atoms with Crippen LogP contribution in [-0.4, -0.2) is 110 Å². The maximum absolute atomic E-state index is 14.3. The van der Waals surface area contributed by atoms with E-state index in [1.54, 1.807) is 28.0 Å². The Hall–Kier alpha value is -2.69. The molecule has 1 aliphatic carbocycles. The summed E-state index contributed by atoms with van der Waals surface area (Å²) in [5, 5.41) is 13.3. The van der Waals surface area contributed by atoms with Gasteiger partial charge in [0, 0.05) is 50.7 Å². The molecule has 3 rings (SSSR count). The van der Waals surface area contributed by atoms with Crippen molar-refractivity contribution in [1.82, 2.24) is 14.7 Å². The minimum Gasteiger partial charge on any atom is -0.490 e. The SMILES string of the molecule is C[C@@H]1CCCCO[C@H](CN(C)C(=O)CCCN(C)C)[C@@H](C)CN([C@@H](C)CO)C(=O)c2cc(NC(=O)C3CCCCC3)ccc2O1. The third kappa shape index (κ3) is 11.6. The van der Waals surface area contributed by atoms with Gasteiger partial charge in [-0.3, -0.25) is 14.4 Å². The maximum Gasteiger partial charge on any atom is 0.258 e. The first-order valence-electron chi connectivity index (χ1n) is 17.0. The molecule has 10 nitrogen and oxygen atoms in total. The smallest absolute Gasteiger partial charge is 0.258 e. The van der Waals surface area contributed by atoms with E-state index in [0.29, 0.717) is 43.1 Å². The molecule has 1 fully saturated rings. The fourth-order valence-corrected chi connectivity index (χ4v) is 6.18. The molecule has 1 saturated carbocycles. The molecule has 45 heavy (non-hydrogen) atoms. The van der Waals surface area contributed by atoms with Crippen molar-refractivity contribution in [2.75, 3.05) is 59.3 Å². The number of rotatable bonds is 10. The predicted molar refractivity (Wildman–Crippen MR) is 178 cm³/mol. The molecular formula is C35H58N4O6. The first-order valence-corrected chi connectivity index (χ1v) is 17.0. The van der Waals surface area contributed by atoms with Gasteiger partial charge in [0.1, 0.15) is 5.75 Å². The number of likely N-dealkylation sites (N-methyl/N-ethyl adjacent to an activating group) is 1. The summed E-state index contributed by atoms with van der Waals surface area (Å²) in [5.74, 6) is 0.127. The molecule has 254 valence electrons. The number of ether oxygens (including phenoxy) is 2. The number of amides is 3. The Morgan fingerprint density at radius 3 is 2.47 bits per heavy atom. The van der Waals surface area contributed by atoms with E-state index in [9.17, 15) is 19.5 Å². The van der Waals surface area contributed by atoms with Crippen molar-refractivity contribution in [3.05, 3.63) is 23.8 Å². The summed E-state index contributed by atoms with van der Waals surface area (Å²) in [6.07, 6.45) is 8.43. The Morgan fingerprint density at radius 1 is 1.07 bits per heavy atom. The lowest BCUT2D eigenvalue weighted by Crippen LogP contribution is -2.48. The Balaban J connectivity index is 1.87. The lowest BCUT2D eigenvalue weighted by atomic mass is 9.88. The van der Waals surface area contributed by atoms with Gasteiger partial charge >= 0.3 is 0 Å². The Kier molecular flexibility index (Phi) is 15.1. The molecule has 4 atom stereocenters. The highest BCUT2D eigenvalue weighted by Gasteiger charge is 2.31. The summed E-state index contributed by atoms with van der Waals surface area (Å²) in [6.45, 7) is 7.78. The van der Waals surface area contributed by atoms with Crippen molar-refractivity contribution >= 4 is 23.4 Å². The summed E-state index contributed by atoms with van der Waals surface area (Å²) in [4.78, 5) is 45.8. The number of carbonyl (C=O) groups excluding carboxylic acids is 3. The van der Waals surface area contributed by atoms with Crippen molar-refractivity contribution in [2.24, 2.45) is 11.8 Å². The fourth-order valence-electron chi connectivity index (χ4n) is 6.18. The number of nitrogens with zero attached hydrogens (tertiary/aromatic N) is 3. The number of hydrogen-bond acceptors (Lipinski definition) is 7. The molecule has 1 aromatic rings. The molecule has 2 N–H and O–H groups in total. The van der Waals surface area contributed by atoms with Gasteiger partial charge in [-0.2, -0.15) is 0 Å². The average molecular weight is 631 g/mol. The van der Waals surface area contributed by atoms with E-state index in [1.165, 1.54) is 6.42 Å². The van der Waals surface area contributed by atoms with Crippen LogP contribution >= 0.6 is 0 Å². The monoisotopic (exact) mass is 630 g/mol. The number of nitrogens with one attached hydrogen (secondary N) is 1. The molecule has 3 amide bonds. The van der Waals surface area contributed by atoms with Gasteiger partial charge in [-0.25, -0.2) is 0 Å². The van der Waals surface area contributed by atoms with Gasteiger partial charge in [0.25, 0.3) is 5.91 Å². The van der Waals surface area contributed by atoms with Crippen LogP contribution in [0.4, 0.5) is 5.69 Å². The molecule has 0 aromatic heterocycles. The summed E-state index contributed by atoms with van der Waals surface area (Å²) >= 11 is 0. The third-order valence-electron chi connectivity index (χ3n) is 9.17. The number of carbonyl (C=O) groups is 3. The Labute approximate surface area is 270 Å². The van der Waals surface area contributed by atoms with Crippen LogP contribution in [0.5, 0.6) is 5.75 Å². The van der Waals surface area contributed by atoms with Gasteiger partial charge in [-0.1, -0.05) is 26.2 Å². The van der Waals surface area contributed by atoms with Crippen molar-refractivity contribution in [2.45, 2.75) is 103 Å². The molecular weight excluding hydrogens is 572 g/mol. The number of hydrogen-bond donors (Lipinski definition) is 2. The minimum atomic E-state index is -0.468. The lowest BCUT2D eigenvalue weighted by Gasteiger charge is -2.36. The van der Waals surface area contributed by atoms with E-state index < -0.39 is 6.04 Å². The zero-order valence-electron chi connectivity index (χ0n) is 28.6. The molecule has 0 spiro atoms. The van der Waals surface area contributed by atoms with Crippen LogP contribution in [0.2, 0.25) is 0 Å². The highest BCUT2D eigenvalue weighted by Crippen LogP contribution is 2.30. The number of aliphatic hydroxyl groups excluding tert-OH is 1. The van der Waals surface area contributed by atoms with E-state index >= 15 is 0 Å². The minimum absolute atomic E-state index is 0.00754. The Bertz CT molecular complexity index is 1090. The zero-order chi connectivity index (χ0) is 32.9. The second-order valence-corrected chi connectivity index (χ2v) is 13.5. The normalized spacial score (nSPS) is 23.1. The maximum atomic E-state index is 14.3. The zero-order valence-corrected chi connectivity index (χ0v) is 28.6. The van der Waals surface area contributed by atoms with E-state index in [2.05, 4.69) is 10.2 Å². The topological polar surface area (TPSA) is 112 Å². The summed E-state index contributed by atoms with van der Waals surface area (Å²) in [5.41, 5.74) is 0.925. The van der Waals surface area contributed by atoms with E-state index in [4.69, 9.17) is 9.47 Å². The van der Waals surface area contributed by atoms with Gasteiger partial charge in [0.15, 0.2) is 0 Å². The second-order valence-electron chi connectivity index (χ2n) is 13.5. The van der Waals surface area contributed by atoms with Crippen LogP contribution in [0.15, 0.2) is 18.2 Å². The summed E-state index contributed by atoms with van der Waals surface area (Å²) in [7, 11) is 5.81. The molecule has 10 heteroatoms. The quantitative estimate of drug-likeness (QED) is 0.382. The third-order valence-corrected chi connectivity index (χ3v) is 9.17. The van der Waals surface area contributed by atoms with Crippen LogP contribution in [0.1, 0.15) is 95.3 Å². The van der Waals surface area contributed by atoms with Gasteiger partial charge < -0.3 is 34.6 Å². The Morgan fingerprint density at radius 2 is 1.78 bits per heavy atom. The number of fused-ring (bicyclic) bond motifs is 1. The van der Waals surface area contributed by atoms with Gasteiger partial charge in [0.05, 0.1) is 30.4 Å². The molecule has 2 aliphatic rings. The van der Waals surface area contributed by atoms with E-state index in [1.807, 2.05) is 41.9 Å².